The van der Waals surface area contributed by atoms with Gasteiger partial charge in [0, 0.05) is 22.1 Å². The third-order valence-electron chi connectivity index (χ3n) is 3.59. The molecular formula is C16H12BrClN2O4S. The van der Waals surface area contributed by atoms with Crippen molar-refractivity contribution in [2.24, 2.45) is 0 Å². The summed E-state index contributed by atoms with van der Waals surface area (Å²) in [5.74, 6) is -1.28. The Labute approximate surface area is 158 Å². The first-order valence-electron chi connectivity index (χ1n) is 7.20. The minimum Gasteiger partial charge on any atom is -0.322 e. The van der Waals surface area contributed by atoms with Gasteiger partial charge in [0.15, 0.2) is 0 Å². The molecule has 0 unspecified atom stereocenters. The lowest BCUT2D eigenvalue weighted by atomic mass is 10.1. The second-order valence-electron chi connectivity index (χ2n) is 5.35. The van der Waals surface area contributed by atoms with Gasteiger partial charge in [0.25, 0.3) is 5.91 Å². The molecule has 2 aromatic carbocycles. The minimum absolute atomic E-state index is 0.00828. The summed E-state index contributed by atoms with van der Waals surface area (Å²) >= 11 is 9.37. The third kappa shape index (κ3) is 3.70. The van der Waals surface area contributed by atoms with E-state index in [0.29, 0.717) is 9.99 Å². The standard InChI is InChI=1S/C16H12BrClN2O4S/c17-11-2-1-3-12(9-11)19-16(22)10-4-5-13(18)14(8-10)20-15(21)6-7-25(20,23)24/h1-5,8-9H,6-7H2,(H,19,22). The van der Waals surface area contributed by atoms with Gasteiger partial charge < -0.3 is 5.32 Å². The molecule has 2 aromatic rings. The normalized spacial score (nSPS) is 16.1. The quantitative estimate of drug-likeness (QED) is 0.788. The monoisotopic (exact) mass is 442 g/mol. The zero-order valence-electron chi connectivity index (χ0n) is 12.7. The zero-order valence-corrected chi connectivity index (χ0v) is 15.9. The van der Waals surface area contributed by atoms with Gasteiger partial charge in [-0.3, -0.25) is 9.59 Å². The summed E-state index contributed by atoms with van der Waals surface area (Å²) in [4.78, 5) is 24.4. The van der Waals surface area contributed by atoms with Crippen LogP contribution in [0, 0.1) is 0 Å². The van der Waals surface area contributed by atoms with E-state index in [1.54, 1.807) is 18.2 Å². The van der Waals surface area contributed by atoms with Gasteiger partial charge in [-0.05, 0) is 36.4 Å². The number of sulfonamides is 1. The van der Waals surface area contributed by atoms with Crippen LogP contribution in [-0.4, -0.2) is 26.0 Å². The highest BCUT2D eigenvalue weighted by atomic mass is 79.9. The summed E-state index contributed by atoms with van der Waals surface area (Å²) in [7, 11) is -3.76. The molecule has 9 heteroatoms. The number of benzene rings is 2. The highest BCUT2D eigenvalue weighted by Crippen LogP contribution is 2.33. The molecular weight excluding hydrogens is 432 g/mol. The van der Waals surface area contributed by atoms with E-state index in [-0.39, 0.29) is 28.4 Å². The maximum atomic E-state index is 12.4. The molecule has 1 aliphatic rings. The molecule has 2 amide bonds. The number of anilines is 2. The summed E-state index contributed by atoms with van der Waals surface area (Å²) in [6.45, 7) is 0. The molecule has 1 saturated heterocycles. The molecule has 0 radical (unpaired) electrons. The largest absolute Gasteiger partial charge is 0.322 e. The Balaban J connectivity index is 1.94. The first kappa shape index (κ1) is 17.9. The van der Waals surface area contributed by atoms with E-state index in [1.165, 1.54) is 18.2 Å². The van der Waals surface area contributed by atoms with Crippen LogP contribution in [0.1, 0.15) is 16.8 Å². The number of halogens is 2. The molecule has 3 rings (SSSR count). The van der Waals surface area contributed by atoms with Crippen LogP contribution in [0.15, 0.2) is 46.9 Å². The van der Waals surface area contributed by atoms with Crippen LogP contribution in [-0.2, 0) is 14.8 Å². The van der Waals surface area contributed by atoms with Crippen molar-refractivity contribution in [1.29, 1.82) is 0 Å². The Morgan fingerprint density at radius 3 is 2.60 bits per heavy atom. The molecule has 1 heterocycles. The maximum absolute atomic E-state index is 12.4. The average molecular weight is 444 g/mol. The second-order valence-corrected chi connectivity index (χ2v) is 8.61. The fourth-order valence-corrected chi connectivity index (χ4v) is 4.55. The SMILES string of the molecule is O=C(Nc1cccc(Br)c1)c1ccc(Cl)c(N2C(=O)CCS2(=O)=O)c1. The van der Waals surface area contributed by atoms with E-state index < -0.39 is 21.8 Å². The van der Waals surface area contributed by atoms with Gasteiger partial charge >= 0.3 is 0 Å². The highest BCUT2D eigenvalue weighted by molar-refractivity contribution is 9.10. The molecule has 1 fully saturated rings. The van der Waals surface area contributed by atoms with Crippen molar-refractivity contribution in [2.45, 2.75) is 6.42 Å². The van der Waals surface area contributed by atoms with Gasteiger partial charge in [-0.15, -0.1) is 0 Å². The van der Waals surface area contributed by atoms with Crippen LogP contribution < -0.4 is 9.62 Å². The number of hydrogen-bond acceptors (Lipinski definition) is 4. The summed E-state index contributed by atoms with van der Waals surface area (Å²) < 4.78 is 25.6. The first-order valence-corrected chi connectivity index (χ1v) is 9.98. The number of amides is 2. The fraction of sp³-hybridized carbons (Fsp3) is 0.125. The Morgan fingerprint density at radius 1 is 1.20 bits per heavy atom. The smallest absolute Gasteiger partial charge is 0.255 e. The topological polar surface area (TPSA) is 83.6 Å². The highest BCUT2D eigenvalue weighted by Gasteiger charge is 2.37. The molecule has 0 aromatic heterocycles. The van der Waals surface area contributed by atoms with Crippen molar-refractivity contribution >= 4 is 60.7 Å². The van der Waals surface area contributed by atoms with E-state index in [4.69, 9.17) is 11.6 Å². The summed E-state index contributed by atoms with van der Waals surface area (Å²) in [5, 5.41) is 2.78. The van der Waals surface area contributed by atoms with Crippen LogP contribution in [0.25, 0.3) is 0 Å². The average Bonchev–Trinajstić information content (AvgIpc) is 2.81. The molecule has 1 N–H and O–H groups in total. The molecule has 6 nitrogen and oxygen atoms in total. The lowest BCUT2D eigenvalue weighted by Gasteiger charge is -2.17. The fourth-order valence-electron chi connectivity index (χ4n) is 2.43. The van der Waals surface area contributed by atoms with E-state index in [9.17, 15) is 18.0 Å². The number of nitrogens with one attached hydrogen (secondary N) is 1. The van der Waals surface area contributed by atoms with E-state index in [2.05, 4.69) is 21.2 Å². The lowest BCUT2D eigenvalue weighted by Crippen LogP contribution is -2.29. The minimum atomic E-state index is -3.76. The van der Waals surface area contributed by atoms with Crippen molar-refractivity contribution in [1.82, 2.24) is 0 Å². The Bertz CT molecular complexity index is 978. The number of hydrogen-bond donors (Lipinski definition) is 1. The number of carbonyl (C=O) groups is 2. The van der Waals surface area contributed by atoms with Gasteiger partial charge in [0.05, 0.1) is 16.5 Å². The van der Waals surface area contributed by atoms with Gasteiger partial charge in [-0.1, -0.05) is 33.6 Å². The molecule has 0 aliphatic carbocycles. The zero-order chi connectivity index (χ0) is 18.2. The summed E-state index contributed by atoms with van der Waals surface area (Å²) in [6.07, 6.45) is -0.104. The predicted octanol–water partition coefficient (Wildman–Crippen LogP) is 3.42. The molecule has 0 saturated carbocycles. The molecule has 0 atom stereocenters. The van der Waals surface area contributed by atoms with Crippen LogP contribution in [0.3, 0.4) is 0 Å². The van der Waals surface area contributed by atoms with Crippen LogP contribution in [0.5, 0.6) is 0 Å². The molecule has 1 aliphatic heterocycles. The predicted molar refractivity (Wildman–Crippen MR) is 99.4 cm³/mol. The van der Waals surface area contributed by atoms with Crippen molar-refractivity contribution in [2.75, 3.05) is 15.4 Å². The van der Waals surface area contributed by atoms with E-state index >= 15 is 0 Å². The summed E-state index contributed by atoms with van der Waals surface area (Å²) in [5.41, 5.74) is 0.751. The Morgan fingerprint density at radius 2 is 1.96 bits per heavy atom. The van der Waals surface area contributed by atoms with Crippen molar-refractivity contribution in [3.05, 3.63) is 57.5 Å². The van der Waals surface area contributed by atoms with Crippen molar-refractivity contribution in [3.63, 3.8) is 0 Å². The Hall–Kier alpha value is -1.90. The van der Waals surface area contributed by atoms with Crippen LogP contribution in [0.4, 0.5) is 11.4 Å². The summed E-state index contributed by atoms with van der Waals surface area (Å²) in [6, 6.07) is 11.2. The second kappa shape index (κ2) is 6.78. The van der Waals surface area contributed by atoms with Crippen LogP contribution in [0.2, 0.25) is 5.02 Å². The first-order chi connectivity index (χ1) is 11.8. The maximum Gasteiger partial charge on any atom is 0.255 e. The van der Waals surface area contributed by atoms with Gasteiger partial charge in [0.1, 0.15) is 0 Å². The van der Waals surface area contributed by atoms with E-state index in [0.717, 1.165) is 4.47 Å². The third-order valence-corrected chi connectivity index (χ3v) is 6.08. The molecule has 0 spiro atoms. The molecule has 130 valence electrons. The van der Waals surface area contributed by atoms with Crippen molar-refractivity contribution in [3.8, 4) is 0 Å². The van der Waals surface area contributed by atoms with Crippen molar-refractivity contribution < 1.29 is 18.0 Å². The molecule has 0 bridgehead atoms. The lowest BCUT2D eigenvalue weighted by molar-refractivity contribution is -0.116. The van der Waals surface area contributed by atoms with Gasteiger partial charge in [-0.2, -0.15) is 0 Å². The number of carbonyl (C=O) groups excluding carboxylic acids is 2. The van der Waals surface area contributed by atoms with E-state index in [1.807, 2.05) is 6.07 Å². The van der Waals surface area contributed by atoms with Gasteiger partial charge in [0.2, 0.25) is 15.9 Å². The number of nitrogens with zero attached hydrogens (tertiary/aromatic N) is 1. The molecule has 25 heavy (non-hydrogen) atoms. The van der Waals surface area contributed by atoms with Crippen LogP contribution >= 0.6 is 27.5 Å². The van der Waals surface area contributed by atoms with Gasteiger partial charge in [-0.25, -0.2) is 12.7 Å². The number of rotatable bonds is 3. The Kier molecular flexibility index (Phi) is 4.86.